The van der Waals surface area contributed by atoms with Crippen molar-refractivity contribution in [3.05, 3.63) is 40.4 Å². The lowest BCUT2D eigenvalue weighted by molar-refractivity contribution is -0.137. The van der Waals surface area contributed by atoms with Gasteiger partial charge in [-0.1, -0.05) is 6.42 Å². The average molecular weight is 369 g/mol. The van der Waals surface area contributed by atoms with Crippen molar-refractivity contribution in [2.75, 3.05) is 19.7 Å². The molecule has 8 heteroatoms. The Labute approximate surface area is 149 Å². The number of halogens is 3. The molecule has 0 amide bonds. The quantitative estimate of drug-likeness (QED) is 0.880. The molecule has 0 aliphatic carbocycles. The number of hydrogen-bond donors (Lipinski definition) is 1. The van der Waals surface area contributed by atoms with E-state index in [4.69, 9.17) is 0 Å². The van der Waals surface area contributed by atoms with Crippen LogP contribution in [0.2, 0.25) is 0 Å². The minimum absolute atomic E-state index is 0.0532. The van der Waals surface area contributed by atoms with Crippen LogP contribution in [0.1, 0.15) is 31.2 Å². The van der Waals surface area contributed by atoms with Crippen molar-refractivity contribution < 1.29 is 18.3 Å². The average Bonchev–Trinajstić information content (AvgIpc) is 2.63. The zero-order chi connectivity index (χ0) is 18.7. The van der Waals surface area contributed by atoms with Gasteiger partial charge in [-0.05, 0) is 44.0 Å². The molecule has 26 heavy (non-hydrogen) atoms. The molecule has 1 N–H and O–H groups in total. The van der Waals surface area contributed by atoms with E-state index in [1.165, 1.54) is 17.0 Å². The summed E-state index contributed by atoms with van der Waals surface area (Å²) >= 11 is 0. The van der Waals surface area contributed by atoms with E-state index in [0.29, 0.717) is 13.0 Å². The number of rotatable bonds is 5. The third kappa shape index (κ3) is 4.07. The van der Waals surface area contributed by atoms with Gasteiger partial charge in [-0.15, -0.1) is 0 Å². The Hall–Kier alpha value is -1.93. The maximum absolute atomic E-state index is 12.8. The van der Waals surface area contributed by atoms with Gasteiger partial charge in [0.05, 0.1) is 29.4 Å². The van der Waals surface area contributed by atoms with E-state index < -0.39 is 11.7 Å². The number of piperidine rings is 1. The second-order valence-corrected chi connectivity index (χ2v) is 6.69. The number of nitrogens with zero attached hydrogens (tertiary/aromatic N) is 3. The van der Waals surface area contributed by atoms with Crippen molar-refractivity contribution in [1.82, 2.24) is 14.5 Å². The van der Waals surface area contributed by atoms with Crippen molar-refractivity contribution in [3.63, 3.8) is 0 Å². The van der Waals surface area contributed by atoms with Crippen LogP contribution in [-0.2, 0) is 12.7 Å². The van der Waals surface area contributed by atoms with E-state index in [-0.39, 0.29) is 29.1 Å². The summed E-state index contributed by atoms with van der Waals surface area (Å²) in [5, 5.41) is 9.62. The molecule has 1 atom stereocenters. The van der Waals surface area contributed by atoms with Crippen LogP contribution in [0, 0.1) is 0 Å². The third-order valence-electron chi connectivity index (χ3n) is 4.96. The molecule has 0 saturated carbocycles. The van der Waals surface area contributed by atoms with E-state index in [1.54, 1.807) is 0 Å². The van der Waals surface area contributed by atoms with E-state index in [2.05, 4.69) is 9.88 Å². The van der Waals surface area contributed by atoms with Crippen LogP contribution in [0.25, 0.3) is 10.9 Å². The van der Waals surface area contributed by atoms with Crippen LogP contribution >= 0.6 is 0 Å². The lowest BCUT2D eigenvalue weighted by Gasteiger charge is -2.34. The molecule has 1 fully saturated rings. The van der Waals surface area contributed by atoms with Gasteiger partial charge >= 0.3 is 6.18 Å². The van der Waals surface area contributed by atoms with Crippen LogP contribution < -0.4 is 5.56 Å². The Morgan fingerprint density at radius 3 is 2.77 bits per heavy atom. The summed E-state index contributed by atoms with van der Waals surface area (Å²) in [7, 11) is 0. The summed E-state index contributed by atoms with van der Waals surface area (Å²) in [5.41, 5.74) is -1.09. The van der Waals surface area contributed by atoms with Gasteiger partial charge in [0.25, 0.3) is 5.56 Å². The maximum Gasteiger partial charge on any atom is 0.416 e. The van der Waals surface area contributed by atoms with Crippen LogP contribution in [0.3, 0.4) is 0 Å². The van der Waals surface area contributed by atoms with Crippen molar-refractivity contribution in [2.45, 2.75) is 44.4 Å². The molecule has 0 spiro atoms. The van der Waals surface area contributed by atoms with Crippen molar-refractivity contribution in [3.8, 4) is 0 Å². The second kappa shape index (κ2) is 7.75. The van der Waals surface area contributed by atoms with Crippen LogP contribution in [-0.4, -0.2) is 45.3 Å². The topological polar surface area (TPSA) is 58.4 Å². The predicted molar refractivity (Wildman–Crippen MR) is 91.9 cm³/mol. The summed E-state index contributed by atoms with van der Waals surface area (Å²) in [4.78, 5) is 18.7. The molecule has 2 heterocycles. The molecule has 1 saturated heterocycles. The number of aryl methyl sites for hydroxylation is 1. The molecule has 5 nitrogen and oxygen atoms in total. The number of likely N-dealkylation sites (tertiary alicyclic amines) is 1. The first-order chi connectivity index (χ1) is 12.4. The third-order valence-corrected chi connectivity index (χ3v) is 4.96. The summed E-state index contributed by atoms with van der Waals surface area (Å²) in [6, 6.07) is 3.18. The number of aromatic nitrogens is 2. The number of aliphatic hydroxyl groups is 1. The van der Waals surface area contributed by atoms with Gasteiger partial charge in [0.2, 0.25) is 0 Å². The predicted octanol–water partition coefficient (Wildman–Crippen LogP) is 2.65. The largest absolute Gasteiger partial charge is 0.416 e. The highest BCUT2D eigenvalue weighted by Crippen LogP contribution is 2.30. The van der Waals surface area contributed by atoms with E-state index in [0.717, 1.165) is 44.5 Å². The smallest absolute Gasteiger partial charge is 0.395 e. The molecule has 1 aliphatic rings. The summed E-state index contributed by atoms with van der Waals surface area (Å²) in [6.45, 7) is 2.29. The molecular formula is C18H22F3N3O2. The normalized spacial score (nSPS) is 19.2. The molecule has 142 valence electrons. The van der Waals surface area contributed by atoms with Crippen molar-refractivity contribution in [1.29, 1.82) is 0 Å². The molecule has 0 bridgehead atoms. The van der Waals surface area contributed by atoms with Gasteiger partial charge in [0, 0.05) is 19.1 Å². The Morgan fingerprint density at radius 2 is 2.04 bits per heavy atom. The van der Waals surface area contributed by atoms with Gasteiger partial charge in [-0.2, -0.15) is 13.2 Å². The number of alkyl halides is 3. The minimum Gasteiger partial charge on any atom is -0.395 e. The molecular weight excluding hydrogens is 347 g/mol. The van der Waals surface area contributed by atoms with E-state index >= 15 is 0 Å². The van der Waals surface area contributed by atoms with Gasteiger partial charge in [-0.3, -0.25) is 14.3 Å². The molecule has 2 aromatic rings. The zero-order valence-corrected chi connectivity index (χ0v) is 14.4. The van der Waals surface area contributed by atoms with Crippen LogP contribution in [0.15, 0.2) is 29.3 Å². The first-order valence-electron chi connectivity index (χ1n) is 8.81. The fourth-order valence-electron chi connectivity index (χ4n) is 3.50. The Bertz CT molecular complexity index is 819. The first-order valence-corrected chi connectivity index (χ1v) is 8.81. The maximum atomic E-state index is 12.8. The molecule has 1 unspecified atom stereocenters. The SMILES string of the molecule is O=c1c2ccc(C(F)(F)F)cc2ncn1CCCN1CCCCC1CO. The van der Waals surface area contributed by atoms with Gasteiger partial charge in [0.1, 0.15) is 0 Å². The lowest BCUT2D eigenvalue weighted by Crippen LogP contribution is -2.42. The highest BCUT2D eigenvalue weighted by atomic mass is 19.4. The Kier molecular flexibility index (Phi) is 5.62. The van der Waals surface area contributed by atoms with Gasteiger partial charge in [-0.25, -0.2) is 4.98 Å². The highest BCUT2D eigenvalue weighted by molar-refractivity contribution is 5.78. The first kappa shape index (κ1) is 18.8. The standard InChI is InChI=1S/C18H22F3N3O2/c19-18(20,21)13-5-6-15-16(10-13)22-12-24(17(15)26)9-3-8-23-7-2-1-4-14(23)11-25/h5-6,10,12,14,25H,1-4,7-9,11H2. The number of hydrogen-bond acceptors (Lipinski definition) is 4. The minimum atomic E-state index is -4.46. The second-order valence-electron chi connectivity index (χ2n) is 6.69. The summed E-state index contributed by atoms with van der Waals surface area (Å²) in [5.74, 6) is 0. The van der Waals surface area contributed by atoms with E-state index in [1.807, 2.05) is 0 Å². The Morgan fingerprint density at radius 1 is 1.23 bits per heavy atom. The van der Waals surface area contributed by atoms with Crippen molar-refractivity contribution >= 4 is 10.9 Å². The van der Waals surface area contributed by atoms with Crippen LogP contribution in [0.4, 0.5) is 13.2 Å². The lowest BCUT2D eigenvalue weighted by atomic mass is 10.0. The van der Waals surface area contributed by atoms with Crippen molar-refractivity contribution in [2.24, 2.45) is 0 Å². The summed E-state index contributed by atoms with van der Waals surface area (Å²) in [6.07, 6.45) is 0.776. The van der Waals surface area contributed by atoms with E-state index in [9.17, 15) is 23.1 Å². The highest BCUT2D eigenvalue weighted by Gasteiger charge is 2.30. The number of aliphatic hydroxyl groups excluding tert-OH is 1. The monoisotopic (exact) mass is 369 g/mol. The Balaban J connectivity index is 1.70. The fraction of sp³-hybridized carbons (Fsp3) is 0.556. The molecule has 1 aliphatic heterocycles. The molecule has 1 aromatic heterocycles. The molecule has 0 radical (unpaired) electrons. The number of fused-ring (bicyclic) bond motifs is 1. The zero-order valence-electron chi connectivity index (χ0n) is 14.4. The van der Waals surface area contributed by atoms with Gasteiger partial charge < -0.3 is 5.11 Å². The fourth-order valence-corrected chi connectivity index (χ4v) is 3.50. The van der Waals surface area contributed by atoms with Gasteiger partial charge in [0.15, 0.2) is 0 Å². The summed E-state index contributed by atoms with van der Waals surface area (Å²) < 4.78 is 39.7. The number of benzene rings is 1. The molecule has 3 rings (SSSR count). The molecule has 1 aromatic carbocycles. The van der Waals surface area contributed by atoms with Crippen LogP contribution in [0.5, 0.6) is 0 Å².